The molecule has 1 aromatic carbocycles. The third kappa shape index (κ3) is 4.42. The molecule has 0 aliphatic rings. The van der Waals surface area contributed by atoms with Crippen LogP contribution in [0.15, 0.2) is 24.3 Å². The van der Waals surface area contributed by atoms with Gasteiger partial charge in [0.2, 0.25) is 0 Å². The van der Waals surface area contributed by atoms with E-state index in [-0.39, 0.29) is 18.3 Å². The lowest BCUT2D eigenvalue weighted by atomic mass is 10.1. The van der Waals surface area contributed by atoms with Crippen molar-refractivity contribution in [2.24, 2.45) is 0 Å². The van der Waals surface area contributed by atoms with Gasteiger partial charge in [0.1, 0.15) is 5.82 Å². The van der Waals surface area contributed by atoms with Gasteiger partial charge in [0.15, 0.2) is 0 Å². The fourth-order valence-electron chi connectivity index (χ4n) is 2.12. The molecule has 0 unspecified atom stereocenters. The summed E-state index contributed by atoms with van der Waals surface area (Å²) in [7, 11) is 0. The standard InChI is InChI=1S/C16H19FN2O2S/c1-11-9-14(13-4-3-12(17)10-15(13)19-11)16(21)18-5-8-22-7-2-6-20/h3-4,9-10,20H,2,5-8H2,1H3,(H,18,21). The zero-order valence-corrected chi connectivity index (χ0v) is 13.3. The minimum Gasteiger partial charge on any atom is -0.396 e. The Hall–Kier alpha value is -1.66. The van der Waals surface area contributed by atoms with E-state index in [4.69, 9.17) is 5.11 Å². The maximum atomic E-state index is 13.3. The number of thioether (sulfide) groups is 1. The van der Waals surface area contributed by atoms with E-state index in [2.05, 4.69) is 10.3 Å². The first-order valence-electron chi connectivity index (χ1n) is 7.15. The van der Waals surface area contributed by atoms with Crippen LogP contribution >= 0.6 is 11.8 Å². The minimum atomic E-state index is -0.364. The van der Waals surface area contributed by atoms with E-state index in [0.717, 1.165) is 17.9 Å². The van der Waals surface area contributed by atoms with Gasteiger partial charge < -0.3 is 10.4 Å². The minimum absolute atomic E-state index is 0.176. The lowest BCUT2D eigenvalue weighted by molar-refractivity contribution is 0.0957. The van der Waals surface area contributed by atoms with Crippen LogP contribution in [0.25, 0.3) is 10.9 Å². The number of nitrogens with one attached hydrogen (secondary N) is 1. The van der Waals surface area contributed by atoms with Gasteiger partial charge in [-0.1, -0.05) is 0 Å². The fraction of sp³-hybridized carbons (Fsp3) is 0.375. The second-order valence-electron chi connectivity index (χ2n) is 4.92. The Labute approximate surface area is 133 Å². The van der Waals surface area contributed by atoms with E-state index in [9.17, 15) is 9.18 Å². The Morgan fingerprint density at radius 1 is 1.36 bits per heavy atom. The van der Waals surface area contributed by atoms with E-state index < -0.39 is 0 Å². The molecule has 118 valence electrons. The summed E-state index contributed by atoms with van der Waals surface area (Å²) in [4.78, 5) is 16.6. The normalized spacial score (nSPS) is 10.9. The number of aliphatic hydroxyl groups excluding tert-OH is 1. The highest BCUT2D eigenvalue weighted by Crippen LogP contribution is 2.19. The molecule has 0 aliphatic heterocycles. The van der Waals surface area contributed by atoms with Gasteiger partial charge >= 0.3 is 0 Å². The number of pyridine rings is 1. The number of aliphatic hydroxyl groups is 1. The topological polar surface area (TPSA) is 62.2 Å². The lowest BCUT2D eigenvalue weighted by Crippen LogP contribution is -2.26. The number of benzene rings is 1. The van der Waals surface area contributed by atoms with Crippen LogP contribution in [0.3, 0.4) is 0 Å². The highest BCUT2D eigenvalue weighted by atomic mass is 32.2. The number of carbonyl (C=O) groups is 1. The molecule has 6 heteroatoms. The third-order valence-corrected chi connectivity index (χ3v) is 4.19. The van der Waals surface area contributed by atoms with Crippen molar-refractivity contribution in [1.82, 2.24) is 10.3 Å². The molecule has 2 rings (SSSR count). The molecule has 1 heterocycles. The van der Waals surface area contributed by atoms with Gasteiger partial charge in [-0.3, -0.25) is 9.78 Å². The number of aryl methyl sites for hydroxylation is 1. The molecule has 0 saturated carbocycles. The van der Waals surface area contributed by atoms with Crippen molar-refractivity contribution in [3.63, 3.8) is 0 Å². The van der Waals surface area contributed by atoms with Crippen LogP contribution in [0.5, 0.6) is 0 Å². The van der Waals surface area contributed by atoms with Crippen molar-refractivity contribution in [3.05, 3.63) is 41.3 Å². The van der Waals surface area contributed by atoms with Crippen LogP contribution in [0.2, 0.25) is 0 Å². The van der Waals surface area contributed by atoms with E-state index in [1.165, 1.54) is 12.1 Å². The van der Waals surface area contributed by atoms with Gasteiger partial charge in [0, 0.05) is 36.1 Å². The molecule has 0 atom stereocenters. The molecule has 0 spiro atoms. The van der Waals surface area contributed by atoms with E-state index in [1.54, 1.807) is 30.8 Å². The molecule has 2 N–H and O–H groups in total. The van der Waals surface area contributed by atoms with Crippen molar-refractivity contribution < 1.29 is 14.3 Å². The lowest BCUT2D eigenvalue weighted by Gasteiger charge is -2.09. The van der Waals surface area contributed by atoms with E-state index >= 15 is 0 Å². The number of amides is 1. The van der Waals surface area contributed by atoms with Crippen molar-refractivity contribution in [2.45, 2.75) is 13.3 Å². The number of hydrogen-bond acceptors (Lipinski definition) is 4. The van der Waals surface area contributed by atoms with Gasteiger partial charge in [-0.05, 0) is 37.3 Å². The molecule has 0 bridgehead atoms. The van der Waals surface area contributed by atoms with Gasteiger partial charge in [0.05, 0.1) is 11.1 Å². The monoisotopic (exact) mass is 322 g/mol. The van der Waals surface area contributed by atoms with Crippen molar-refractivity contribution in [1.29, 1.82) is 0 Å². The Morgan fingerprint density at radius 3 is 2.95 bits per heavy atom. The largest absolute Gasteiger partial charge is 0.396 e. The van der Waals surface area contributed by atoms with Crippen LogP contribution in [0.1, 0.15) is 22.5 Å². The molecule has 0 radical (unpaired) electrons. The van der Waals surface area contributed by atoms with Crippen molar-refractivity contribution in [2.75, 3.05) is 24.7 Å². The first-order chi connectivity index (χ1) is 10.6. The second-order valence-corrected chi connectivity index (χ2v) is 6.14. The van der Waals surface area contributed by atoms with Crippen molar-refractivity contribution >= 4 is 28.6 Å². The van der Waals surface area contributed by atoms with Crippen LogP contribution in [-0.4, -0.2) is 40.7 Å². The zero-order valence-electron chi connectivity index (χ0n) is 12.4. The van der Waals surface area contributed by atoms with Gasteiger partial charge in [-0.15, -0.1) is 0 Å². The summed E-state index contributed by atoms with van der Waals surface area (Å²) in [6.45, 7) is 2.53. The first kappa shape index (κ1) is 16.7. The maximum absolute atomic E-state index is 13.3. The van der Waals surface area contributed by atoms with Gasteiger partial charge in [0.25, 0.3) is 5.91 Å². The predicted octanol–water partition coefficient (Wildman–Crippen LogP) is 2.53. The Balaban J connectivity index is 2.05. The second kappa shape index (κ2) is 8.10. The molecule has 0 fully saturated rings. The summed E-state index contributed by atoms with van der Waals surface area (Å²) in [5, 5.41) is 12.2. The Kier molecular flexibility index (Phi) is 6.15. The SMILES string of the molecule is Cc1cc(C(=O)NCCSCCCO)c2ccc(F)cc2n1. The summed E-state index contributed by atoms with van der Waals surface area (Å²) in [6, 6.07) is 5.97. The molecule has 1 aromatic heterocycles. The number of nitrogens with zero attached hydrogens (tertiary/aromatic N) is 1. The molecule has 22 heavy (non-hydrogen) atoms. The van der Waals surface area contributed by atoms with Crippen LogP contribution in [0, 0.1) is 12.7 Å². The maximum Gasteiger partial charge on any atom is 0.252 e. The summed E-state index contributed by atoms with van der Waals surface area (Å²) >= 11 is 1.69. The summed E-state index contributed by atoms with van der Waals surface area (Å²) in [6.07, 6.45) is 0.762. The molecular formula is C16H19FN2O2S. The van der Waals surface area contributed by atoms with Crippen LogP contribution in [0.4, 0.5) is 4.39 Å². The number of halogens is 1. The quantitative estimate of drug-likeness (QED) is 0.769. The van der Waals surface area contributed by atoms with E-state index in [0.29, 0.717) is 28.7 Å². The van der Waals surface area contributed by atoms with Crippen molar-refractivity contribution in [3.8, 4) is 0 Å². The summed E-state index contributed by atoms with van der Waals surface area (Å²) in [5.74, 6) is 1.13. The number of hydrogen-bond donors (Lipinski definition) is 2. The smallest absolute Gasteiger partial charge is 0.252 e. The Morgan fingerprint density at radius 2 is 2.18 bits per heavy atom. The van der Waals surface area contributed by atoms with Gasteiger partial charge in [-0.25, -0.2) is 4.39 Å². The molecule has 4 nitrogen and oxygen atoms in total. The Bertz CT molecular complexity index is 659. The molecule has 0 aliphatic carbocycles. The fourth-order valence-corrected chi connectivity index (χ4v) is 2.91. The highest BCUT2D eigenvalue weighted by Gasteiger charge is 2.12. The van der Waals surface area contributed by atoms with Crippen LogP contribution in [-0.2, 0) is 0 Å². The van der Waals surface area contributed by atoms with Crippen LogP contribution < -0.4 is 5.32 Å². The number of rotatable bonds is 7. The first-order valence-corrected chi connectivity index (χ1v) is 8.31. The predicted molar refractivity (Wildman–Crippen MR) is 87.8 cm³/mol. The number of carbonyl (C=O) groups excluding carboxylic acids is 1. The highest BCUT2D eigenvalue weighted by molar-refractivity contribution is 7.99. The summed E-state index contributed by atoms with van der Waals surface area (Å²) in [5.41, 5.74) is 1.69. The average molecular weight is 322 g/mol. The third-order valence-electron chi connectivity index (χ3n) is 3.12. The molecule has 1 amide bonds. The van der Waals surface area contributed by atoms with Gasteiger partial charge in [-0.2, -0.15) is 11.8 Å². The summed E-state index contributed by atoms with van der Waals surface area (Å²) < 4.78 is 13.3. The van der Waals surface area contributed by atoms with E-state index in [1.807, 2.05) is 0 Å². The molecular weight excluding hydrogens is 303 g/mol. The zero-order chi connectivity index (χ0) is 15.9. The number of fused-ring (bicyclic) bond motifs is 1. The number of aromatic nitrogens is 1. The molecule has 0 saturated heterocycles. The average Bonchev–Trinajstić information content (AvgIpc) is 2.49. The molecule has 2 aromatic rings.